The summed E-state index contributed by atoms with van der Waals surface area (Å²) in [6, 6.07) is 19.1. The lowest BCUT2D eigenvalue weighted by Gasteiger charge is -2.14. The number of nitrogens with zero attached hydrogens (tertiary/aromatic N) is 1. The van der Waals surface area contributed by atoms with Crippen molar-refractivity contribution >= 4 is 29.7 Å². The number of carbonyl (C=O) groups excluding carboxylic acids is 2. The molecule has 0 aromatic heterocycles. The number of rotatable bonds is 8. The zero-order valence-electron chi connectivity index (χ0n) is 18.7. The van der Waals surface area contributed by atoms with Crippen LogP contribution in [0.4, 0.5) is 0 Å². The highest BCUT2D eigenvalue weighted by Gasteiger charge is 2.10. The molecule has 0 unspecified atom stereocenters. The van der Waals surface area contributed by atoms with Gasteiger partial charge in [0.15, 0.2) is 6.61 Å². The van der Waals surface area contributed by atoms with Crippen LogP contribution in [0, 0.1) is 6.92 Å². The van der Waals surface area contributed by atoms with Gasteiger partial charge in [-0.3, -0.25) is 4.79 Å². The first-order chi connectivity index (χ1) is 15.8. The van der Waals surface area contributed by atoms with Crippen LogP contribution >= 0.6 is 11.6 Å². The van der Waals surface area contributed by atoms with E-state index in [-0.39, 0.29) is 18.4 Å². The molecule has 1 N–H and O–H groups in total. The fourth-order valence-corrected chi connectivity index (χ4v) is 3.10. The monoisotopic (exact) mass is 464 g/mol. The molecule has 3 aromatic rings. The molecular formula is C26H25ClN2O4. The summed E-state index contributed by atoms with van der Waals surface area (Å²) in [7, 11) is 0. The van der Waals surface area contributed by atoms with Gasteiger partial charge in [0.2, 0.25) is 0 Å². The van der Waals surface area contributed by atoms with Gasteiger partial charge in [0.25, 0.3) is 5.91 Å². The van der Waals surface area contributed by atoms with Crippen molar-refractivity contribution in [3.05, 3.63) is 94.0 Å². The summed E-state index contributed by atoms with van der Waals surface area (Å²) in [5.41, 5.74) is 5.69. The standard InChI is InChI=1S/C26H25ClN2O4/c1-17(2)23-13-4-18(3)14-24(23)32-16-25(30)29-28-15-19-5-11-22(12-6-19)33-26(31)20-7-9-21(27)10-8-20/h4-15,17H,16H2,1-3H3,(H,29,30). The minimum absolute atomic E-state index is 0.139. The van der Waals surface area contributed by atoms with E-state index >= 15 is 0 Å². The van der Waals surface area contributed by atoms with Crippen LogP contribution < -0.4 is 14.9 Å². The Morgan fingerprint density at radius 2 is 1.73 bits per heavy atom. The number of halogens is 1. The van der Waals surface area contributed by atoms with E-state index in [2.05, 4.69) is 24.4 Å². The molecule has 3 aromatic carbocycles. The van der Waals surface area contributed by atoms with Crippen LogP contribution in [0.15, 0.2) is 71.8 Å². The van der Waals surface area contributed by atoms with E-state index in [4.69, 9.17) is 21.1 Å². The molecule has 0 aliphatic heterocycles. The average Bonchev–Trinajstić information content (AvgIpc) is 2.79. The van der Waals surface area contributed by atoms with Gasteiger partial charge in [-0.15, -0.1) is 0 Å². The van der Waals surface area contributed by atoms with Gasteiger partial charge in [0.05, 0.1) is 11.8 Å². The number of hydrazone groups is 1. The number of hydrogen-bond donors (Lipinski definition) is 1. The summed E-state index contributed by atoms with van der Waals surface area (Å²) in [5, 5.41) is 4.50. The summed E-state index contributed by atoms with van der Waals surface area (Å²) < 4.78 is 11.0. The SMILES string of the molecule is Cc1ccc(C(C)C)c(OCC(=O)NN=Cc2ccc(OC(=O)c3ccc(Cl)cc3)cc2)c1. The Morgan fingerprint density at radius 3 is 2.39 bits per heavy atom. The number of amides is 1. The normalized spacial score (nSPS) is 10.9. The van der Waals surface area contributed by atoms with Gasteiger partial charge in [-0.25, -0.2) is 10.2 Å². The molecule has 0 atom stereocenters. The molecular weight excluding hydrogens is 440 g/mol. The highest BCUT2D eigenvalue weighted by atomic mass is 35.5. The van der Waals surface area contributed by atoms with Crippen molar-refractivity contribution in [3.8, 4) is 11.5 Å². The molecule has 33 heavy (non-hydrogen) atoms. The minimum atomic E-state index is -0.477. The smallest absolute Gasteiger partial charge is 0.343 e. The molecule has 3 rings (SSSR count). The quantitative estimate of drug-likeness (QED) is 0.206. The fourth-order valence-electron chi connectivity index (χ4n) is 2.97. The van der Waals surface area contributed by atoms with Crippen molar-refractivity contribution in [2.24, 2.45) is 5.10 Å². The molecule has 0 aliphatic carbocycles. The molecule has 0 spiro atoms. The van der Waals surface area contributed by atoms with Gasteiger partial charge in [-0.05, 0) is 84.1 Å². The molecule has 0 saturated carbocycles. The third-order valence-corrected chi connectivity index (χ3v) is 4.98. The summed E-state index contributed by atoms with van der Waals surface area (Å²) in [6.07, 6.45) is 1.49. The Morgan fingerprint density at radius 1 is 1.03 bits per heavy atom. The van der Waals surface area contributed by atoms with Crippen LogP contribution in [0.2, 0.25) is 5.02 Å². The van der Waals surface area contributed by atoms with Crippen LogP contribution in [0.25, 0.3) is 0 Å². The van der Waals surface area contributed by atoms with E-state index in [1.165, 1.54) is 6.21 Å². The van der Waals surface area contributed by atoms with E-state index in [1.54, 1.807) is 48.5 Å². The van der Waals surface area contributed by atoms with Crippen molar-refractivity contribution < 1.29 is 19.1 Å². The van der Waals surface area contributed by atoms with E-state index in [0.29, 0.717) is 22.1 Å². The predicted octanol–water partition coefficient (Wildman–Crippen LogP) is 5.52. The summed E-state index contributed by atoms with van der Waals surface area (Å²) in [5.74, 6) is 0.539. The topological polar surface area (TPSA) is 77.0 Å². The highest BCUT2D eigenvalue weighted by Crippen LogP contribution is 2.27. The Kier molecular flexibility index (Phi) is 8.22. The lowest BCUT2D eigenvalue weighted by Crippen LogP contribution is -2.25. The summed E-state index contributed by atoms with van der Waals surface area (Å²) >= 11 is 5.83. The number of nitrogens with one attached hydrogen (secondary N) is 1. The molecule has 0 bridgehead atoms. The van der Waals surface area contributed by atoms with Gasteiger partial charge < -0.3 is 9.47 Å². The zero-order valence-corrected chi connectivity index (χ0v) is 19.4. The Hall–Kier alpha value is -3.64. The largest absolute Gasteiger partial charge is 0.483 e. The van der Waals surface area contributed by atoms with Gasteiger partial charge in [-0.2, -0.15) is 5.10 Å². The van der Waals surface area contributed by atoms with Crippen LogP contribution in [0.3, 0.4) is 0 Å². The number of ether oxygens (including phenoxy) is 2. The van der Waals surface area contributed by atoms with E-state index < -0.39 is 5.97 Å². The zero-order chi connectivity index (χ0) is 23.8. The lowest BCUT2D eigenvalue weighted by molar-refractivity contribution is -0.123. The summed E-state index contributed by atoms with van der Waals surface area (Å²) in [6.45, 7) is 5.99. The second-order valence-electron chi connectivity index (χ2n) is 7.74. The first kappa shape index (κ1) is 24.0. The van der Waals surface area contributed by atoms with Gasteiger partial charge >= 0.3 is 5.97 Å². The number of aryl methyl sites for hydroxylation is 1. The van der Waals surface area contributed by atoms with E-state index in [0.717, 1.165) is 16.7 Å². The maximum Gasteiger partial charge on any atom is 0.343 e. The summed E-state index contributed by atoms with van der Waals surface area (Å²) in [4.78, 5) is 24.2. The van der Waals surface area contributed by atoms with Crippen molar-refractivity contribution in [2.45, 2.75) is 26.7 Å². The minimum Gasteiger partial charge on any atom is -0.483 e. The van der Waals surface area contributed by atoms with Crippen molar-refractivity contribution in [1.82, 2.24) is 5.43 Å². The highest BCUT2D eigenvalue weighted by molar-refractivity contribution is 6.30. The van der Waals surface area contributed by atoms with Gasteiger partial charge in [-0.1, -0.05) is 37.6 Å². The Labute approximate surface area is 198 Å². The van der Waals surface area contributed by atoms with Crippen LogP contribution in [0.1, 0.15) is 46.8 Å². The van der Waals surface area contributed by atoms with Gasteiger partial charge in [0, 0.05) is 5.02 Å². The van der Waals surface area contributed by atoms with Crippen molar-refractivity contribution in [1.29, 1.82) is 0 Å². The third-order valence-electron chi connectivity index (χ3n) is 4.72. The number of esters is 1. The number of hydrogen-bond acceptors (Lipinski definition) is 5. The molecule has 0 radical (unpaired) electrons. The predicted molar refractivity (Wildman–Crippen MR) is 129 cm³/mol. The first-order valence-electron chi connectivity index (χ1n) is 10.4. The Balaban J connectivity index is 1.49. The first-order valence-corrected chi connectivity index (χ1v) is 10.8. The second-order valence-corrected chi connectivity index (χ2v) is 8.18. The van der Waals surface area contributed by atoms with Crippen molar-refractivity contribution in [2.75, 3.05) is 6.61 Å². The fraction of sp³-hybridized carbons (Fsp3) is 0.192. The van der Waals surface area contributed by atoms with Gasteiger partial charge in [0.1, 0.15) is 11.5 Å². The molecule has 0 aliphatic rings. The molecule has 0 fully saturated rings. The average molecular weight is 465 g/mol. The molecule has 170 valence electrons. The number of benzene rings is 3. The second kappa shape index (κ2) is 11.3. The van der Waals surface area contributed by atoms with Crippen LogP contribution in [-0.4, -0.2) is 24.7 Å². The van der Waals surface area contributed by atoms with Crippen LogP contribution in [0.5, 0.6) is 11.5 Å². The van der Waals surface area contributed by atoms with E-state index in [1.807, 2.05) is 25.1 Å². The maximum absolute atomic E-state index is 12.1. The maximum atomic E-state index is 12.1. The number of carbonyl (C=O) groups is 2. The molecule has 1 amide bonds. The molecule has 0 heterocycles. The molecule has 0 saturated heterocycles. The molecule has 7 heteroatoms. The van der Waals surface area contributed by atoms with Crippen LogP contribution in [-0.2, 0) is 4.79 Å². The lowest BCUT2D eigenvalue weighted by atomic mass is 10.0. The van der Waals surface area contributed by atoms with E-state index in [9.17, 15) is 9.59 Å². The molecule has 6 nitrogen and oxygen atoms in total. The third kappa shape index (κ3) is 7.19. The van der Waals surface area contributed by atoms with Crippen molar-refractivity contribution in [3.63, 3.8) is 0 Å². The Bertz CT molecular complexity index is 1140.